The number of nitrogens with two attached hydrogens (primary N) is 1. The molecule has 0 atom stereocenters. The third-order valence-corrected chi connectivity index (χ3v) is 2.23. The smallest absolute Gasteiger partial charge is 0.271 e. The minimum absolute atomic E-state index is 0.264. The van der Waals surface area contributed by atoms with Crippen LogP contribution in [0.3, 0.4) is 0 Å². The number of hydrogen-bond donors (Lipinski definition) is 2. The standard InChI is InChI=1S/C6H5F2IN2O/c7-5(8)3-2(9)1-11-6(12)4(3)10/h1,5H,10H2,(H,11,12). The van der Waals surface area contributed by atoms with E-state index in [1.807, 2.05) is 0 Å². The van der Waals surface area contributed by atoms with Gasteiger partial charge in [0.1, 0.15) is 5.69 Å². The summed E-state index contributed by atoms with van der Waals surface area (Å²) in [6.07, 6.45) is -1.50. The molecule has 1 heterocycles. The first-order valence-corrected chi connectivity index (χ1v) is 4.06. The Bertz CT molecular complexity index is 350. The average molecular weight is 286 g/mol. The molecule has 0 amide bonds. The zero-order valence-electron chi connectivity index (χ0n) is 5.77. The van der Waals surface area contributed by atoms with Crippen molar-refractivity contribution in [2.75, 3.05) is 5.73 Å². The molecule has 0 radical (unpaired) electrons. The van der Waals surface area contributed by atoms with Gasteiger partial charge in [-0.1, -0.05) is 0 Å². The molecule has 12 heavy (non-hydrogen) atoms. The Labute approximate surface area is 80.1 Å². The summed E-state index contributed by atoms with van der Waals surface area (Å²) in [6, 6.07) is 0. The lowest BCUT2D eigenvalue weighted by Gasteiger charge is -2.04. The molecule has 1 aromatic heterocycles. The fourth-order valence-corrected chi connectivity index (χ4v) is 1.44. The van der Waals surface area contributed by atoms with Gasteiger partial charge in [0.15, 0.2) is 0 Å². The maximum absolute atomic E-state index is 12.2. The maximum atomic E-state index is 12.2. The molecule has 0 bridgehead atoms. The fraction of sp³-hybridized carbons (Fsp3) is 0.167. The first-order chi connectivity index (χ1) is 5.54. The number of aromatic nitrogens is 1. The lowest BCUT2D eigenvalue weighted by Crippen LogP contribution is -2.15. The van der Waals surface area contributed by atoms with Crippen molar-refractivity contribution < 1.29 is 8.78 Å². The van der Waals surface area contributed by atoms with E-state index in [0.717, 1.165) is 0 Å². The molecule has 0 unspecified atom stereocenters. The van der Waals surface area contributed by atoms with Gasteiger partial charge in [-0.15, -0.1) is 0 Å². The van der Waals surface area contributed by atoms with E-state index in [4.69, 9.17) is 5.73 Å². The lowest BCUT2D eigenvalue weighted by atomic mass is 10.2. The summed E-state index contributed by atoms with van der Waals surface area (Å²) in [5.74, 6) is 0. The first-order valence-electron chi connectivity index (χ1n) is 2.98. The molecule has 0 saturated heterocycles. The molecule has 0 aliphatic carbocycles. The topological polar surface area (TPSA) is 58.9 Å². The summed E-state index contributed by atoms with van der Waals surface area (Å²) in [4.78, 5) is 13.0. The quantitative estimate of drug-likeness (QED) is 0.769. The molecule has 0 aromatic carbocycles. The third-order valence-electron chi connectivity index (χ3n) is 1.34. The number of nitrogens with one attached hydrogen (secondary N) is 1. The second kappa shape index (κ2) is 3.38. The summed E-state index contributed by atoms with van der Waals surface area (Å²) >= 11 is 1.69. The maximum Gasteiger partial charge on any atom is 0.271 e. The predicted octanol–water partition coefficient (Wildman–Crippen LogP) is 1.50. The van der Waals surface area contributed by atoms with Crippen molar-refractivity contribution in [1.82, 2.24) is 4.98 Å². The monoisotopic (exact) mass is 286 g/mol. The van der Waals surface area contributed by atoms with Crippen molar-refractivity contribution in [3.05, 3.63) is 25.7 Å². The van der Waals surface area contributed by atoms with Gasteiger partial charge in [0.05, 0.1) is 5.56 Å². The summed E-state index contributed by atoms with van der Waals surface area (Å²) < 4.78 is 24.7. The number of aromatic amines is 1. The molecule has 3 N–H and O–H groups in total. The summed E-state index contributed by atoms with van der Waals surface area (Å²) in [7, 11) is 0. The van der Waals surface area contributed by atoms with Crippen molar-refractivity contribution in [3.8, 4) is 0 Å². The van der Waals surface area contributed by atoms with Crippen LogP contribution in [0.4, 0.5) is 14.5 Å². The van der Waals surface area contributed by atoms with Crippen LogP contribution in [0, 0.1) is 3.57 Å². The highest BCUT2D eigenvalue weighted by molar-refractivity contribution is 14.1. The van der Waals surface area contributed by atoms with Crippen LogP contribution < -0.4 is 11.3 Å². The van der Waals surface area contributed by atoms with Gasteiger partial charge in [-0.2, -0.15) is 0 Å². The van der Waals surface area contributed by atoms with Gasteiger partial charge >= 0.3 is 0 Å². The molecule has 1 aromatic rings. The number of pyridine rings is 1. The van der Waals surface area contributed by atoms with Gasteiger partial charge in [0, 0.05) is 9.77 Å². The van der Waals surface area contributed by atoms with Crippen LogP contribution in [0.2, 0.25) is 0 Å². The summed E-state index contributed by atoms with van der Waals surface area (Å²) in [6.45, 7) is 0. The molecule has 66 valence electrons. The molecule has 1 rings (SSSR count). The van der Waals surface area contributed by atoms with E-state index >= 15 is 0 Å². The predicted molar refractivity (Wildman–Crippen MR) is 49.1 cm³/mol. The van der Waals surface area contributed by atoms with Crippen LogP contribution >= 0.6 is 22.6 Å². The van der Waals surface area contributed by atoms with Crippen molar-refractivity contribution in [2.45, 2.75) is 6.43 Å². The van der Waals surface area contributed by atoms with Crippen LogP contribution in [-0.4, -0.2) is 4.98 Å². The second-order valence-corrected chi connectivity index (χ2v) is 3.26. The van der Waals surface area contributed by atoms with E-state index in [1.165, 1.54) is 6.20 Å². The Morgan fingerprint density at radius 3 is 2.58 bits per heavy atom. The van der Waals surface area contributed by atoms with Crippen molar-refractivity contribution in [1.29, 1.82) is 0 Å². The van der Waals surface area contributed by atoms with Crippen molar-refractivity contribution in [3.63, 3.8) is 0 Å². The number of rotatable bonds is 1. The van der Waals surface area contributed by atoms with Crippen LogP contribution in [0.15, 0.2) is 11.0 Å². The number of H-pyrrole nitrogens is 1. The van der Waals surface area contributed by atoms with Gasteiger partial charge in [0.2, 0.25) is 0 Å². The van der Waals surface area contributed by atoms with Crippen molar-refractivity contribution >= 4 is 28.3 Å². The Morgan fingerprint density at radius 2 is 2.17 bits per heavy atom. The third kappa shape index (κ3) is 1.57. The molecule has 0 saturated carbocycles. The van der Waals surface area contributed by atoms with Crippen LogP contribution in [0.5, 0.6) is 0 Å². The summed E-state index contributed by atoms with van der Waals surface area (Å²) in [5.41, 5.74) is 3.69. The van der Waals surface area contributed by atoms with Crippen LogP contribution in [-0.2, 0) is 0 Å². The Morgan fingerprint density at radius 1 is 1.58 bits per heavy atom. The minimum atomic E-state index is -2.71. The molecular formula is C6H5F2IN2O. The largest absolute Gasteiger partial charge is 0.394 e. The minimum Gasteiger partial charge on any atom is -0.394 e. The van der Waals surface area contributed by atoms with E-state index < -0.39 is 17.7 Å². The zero-order chi connectivity index (χ0) is 9.30. The Kier molecular flexibility index (Phi) is 2.65. The molecule has 3 nitrogen and oxygen atoms in total. The second-order valence-electron chi connectivity index (χ2n) is 2.09. The van der Waals surface area contributed by atoms with Gasteiger partial charge in [-0.25, -0.2) is 8.78 Å². The number of nitrogen functional groups attached to an aromatic ring is 1. The molecular weight excluding hydrogens is 281 g/mol. The highest BCUT2D eigenvalue weighted by Gasteiger charge is 2.17. The lowest BCUT2D eigenvalue weighted by molar-refractivity contribution is 0.151. The van der Waals surface area contributed by atoms with E-state index in [2.05, 4.69) is 4.98 Å². The van der Waals surface area contributed by atoms with Gasteiger partial charge in [-0.3, -0.25) is 4.79 Å². The molecule has 0 spiro atoms. The van der Waals surface area contributed by atoms with Crippen LogP contribution in [0.25, 0.3) is 0 Å². The molecule has 0 aliphatic rings. The van der Waals surface area contributed by atoms with E-state index in [0.29, 0.717) is 0 Å². The summed E-state index contributed by atoms with van der Waals surface area (Å²) in [5, 5.41) is 0. The number of halogens is 3. The van der Waals surface area contributed by atoms with Gasteiger partial charge in [-0.05, 0) is 22.6 Å². The SMILES string of the molecule is Nc1c(C(F)F)c(I)c[nH]c1=O. The van der Waals surface area contributed by atoms with E-state index in [9.17, 15) is 13.6 Å². The number of anilines is 1. The Hall–Kier alpha value is -0.660. The van der Waals surface area contributed by atoms with Gasteiger partial charge in [0.25, 0.3) is 12.0 Å². The molecule has 0 fully saturated rings. The highest BCUT2D eigenvalue weighted by atomic mass is 127. The van der Waals surface area contributed by atoms with Crippen molar-refractivity contribution in [2.24, 2.45) is 0 Å². The van der Waals surface area contributed by atoms with Gasteiger partial charge < -0.3 is 10.7 Å². The van der Waals surface area contributed by atoms with Crippen LogP contribution in [0.1, 0.15) is 12.0 Å². The Balaban J connectivity index is 3.43. The zero-order valence-corrected chi connectivity index (χ0v) is 7.93. The first kappa shape index (κ1) is 9.43. The number of hydrogen-bond acceptors (Lipinski definition) is 2. The highest BCUT2D eigenvalue weighted by Crippen LogP contribution is 2.26. The van der Waals surface area contributed by atoms with E-state index in [-0.39, 0.29) is 9.13 Å². The fourth-order valence-electron chi connectivity index (χ4n) is 0.757. The molecule has 0 aliphatic heterocycles. The number of alkyl halides is 2. The normalized spacial score (nSPS) is 10.7. The average Bonchev–Trinajstić information content (AvgIpc) is 1.97. The molecule has 6 heteroatoms. The van der Waals surface area contributed by atoms with E-state index in [1.54, 1.807) is 22.6 Å².